The van der Waals surface area contributed by atoms with E-state index in [1.807, 2.05) is 35.7 Å². The second-order valence-electron chi connectivity index (χ2n) is 7.66. The number of nitrogens with zero attached hydrogens (tertiary/aromatic N) is 3. The number of carbonyl (C=O) groups excluding carboxylic acids is 1. The van der Waals surface area contributed by atoms with Crippen LogP contribution in [0.4, 0.5) is 0 Å². The van der Waals surface area contributed by atoms with E-state index in [0.29, 0.717) is 41.4 Å². The van der Waals surface area contributed by atoms with Crippen LogP contribution in [0.1, 0.15) is 24.3 Å². The molecule has 1 aliphatic heterocycles. The van der Waals surface area contributed by atoms with Gasteiger partial charge in [-0.1, -0.05) is 40.5 Å². The van der Waals surface area contributed by atoms with Crippen LogP contribution in [0.5, 0.6) is 0 Å². The molecule has 1 aliphatic rings. The van der Waals surface area contributed by atoms with Crippen molar-refractivity contribution in [2.24, 2.45) is 5.92 Å². The third kappa shape index (κ3) is 6.48. The molecule has 0 radical (unpaired) electrons. The summed E-state index contributed by atoms with van der Waals surface area (Å²) in [5, 5.41) is 10.3. The van der Waals surface area contributed by atoms with Gasteiger partial charge in [-0.15, -0.1) is 11.3 Å². The van der Waals surface area contributed by atoms with E-state index >= 15 is 0 Å². The average Bonchev–Trinajstić information content (AvgIpc) is 3.48. The lowest BCUT2D eigenvalue weighted by molar-refractivity contribution is -0.126. The number of carbonyl (C=O) groups is 1. The standard InChI is InChI=1S/C22H24Cl2N4O2S2/c23-17-6-5-15(11-18(17)24)14-31-10-7-25-22(29)16-3-1-8-28(12-16)13-20-26-21(27-30-20)19-4-2-9-32-19/h2,4-6,9,11,16H,1,3,7-8,10,12-14H2,(H,25,29). The number of piperidine rings is 1. The van der Waals surface area contributed by atoms with Gasteiger partial charge < -0.3 is 9.84 Å². The Morgan fingerprint density at radius 1 is 1.31 bits per heavy atom. The Morgan fingerprint density at radius 2 is 2.22 bits per heavy atom. The molecule has 1 fully saturated rings. The molecule has 2 aromatic heterocycles. The highest BCUT2D eigenvalue weighted by molar-refractivity contribution is 7.98. The number of amides is 1. The van der Waals surface area contributed by atoms with Gasteiger partial charge in [0.05, 0.1) is 27.4 Å². The minimum Gasteiger partial charge on any atom is -0.355 e. The van der Waals surface area contributed by atoms with Crippen molar-refractivity contribution >= 4 is 52.2 Å². The molecule has 0 saturated carbocycles. The summed E-state index contributed by atoms with van der Waals surface area (Å²) in [4.78, 5) is 20.3. The van der Waals surface area contributed by atoms with E-state index in [9.17, 15) is 4.79 Å². The molecule has 32 heavy (non-hydrogen) atoms. The van der Waals surface area contributed by atoms with Crippen LogP contribution in [0.15, 0.2) is 40.2 Å². The number of halogens is 2. The van der Waals surface area contributed by atoms with Crippen molar-refractivity contribution in [3.8, 4) is 10.7 Å². The zero-order chi connectivity index (χ0) is 22.3. The van der Waals surface area contributed by atoms with Crippen LogP contribution in [0.3, 0.4) is 0 Å². The Morgan fingerprint density at radius 3 is 3.03 bits per heavy atom. The number of rotatable bonds is 9. The largest absolute Gasteiger partial charge is 0.355 e. The Bertz CT molecular complexity index is 1030. The molecule has 0 aliphatic carbocycles. The number of benzene rings is 1. The van der Waals surface area contributed by atoms with E-state index in [0.717, 1.165) is 41.3 Å². The van der Waals surface area contributed by atoms with E-state index in [2.05, 4.69) is 20.4 Å². The second-order valence-corrected chi connectivity index (χ2v) is 10.5. The number of hydrogen-bond acceptors (Lipinski definition) is 7. The fourth-order valence-electron chi connectivity index (χ4n) is 3.64. The van der Waals surface area contributed by atoms with Crippen LogP contribution in [0.25, 0.3) is 10.7 Å². The maximum absolute atomic E-state index is 12.6. The summed E-state index contributed by atoms with van der Waals surface area (Å²) in [5.41, 5.74) is 1.13. The minimum absolute atomic E-state index is 0.0106. The summed E-state index contributed by atoms with van der Waals surface area (Å²) in [6, 6.07) is 9.62. The molecular formula is C22H24Cl2N4O2S2. The van der Waals surface area contributed by atoms with Crippen LogP contribution in [-0.4, -0.2) is 46.3 Å². The summed E-state index contributed by atoms with van der Waals surface area (Å²) in [6.45, 7) is 2.86. The summed E-state index contributed by atoms with van der Waals surface area (Å²) in [7, 11) is 0. The third-order valence-electron chi connectivity index (χ3n) is 5.24. The molecule has 1 amide bonds. The lowest BCUT2D eigenvalue weighted by atomic mass is 9.97. The summed E-state index contributed by atoms with van der Waals surface area (Å²) in [6.07, 6.45) is 1.89. The number of thiophene rings is 1. The van der Waals surface area contributed by atoms with Crippen molar-refractivity contribution in [1.29, 1.82) is 0 Å². The number of aromatic nitrogens is 2. The normalized spacial score (nSPS) is 16.9. The molecule has 3 aromatic rings. The second kappa shape index (κ2) is 11.5. The van der Waals surface area contributed by atoms with Gasteiger partial charge in [-0.05, 0) is 48.5 Å². The molecule has 170 valence electrons. The fourth-order valence-corrected chi connectivity index (χ4v) is 5.42. The van der Waals surface area contributed by atoms with E-state index in [-0.39, 0.29) is 11.8 Å². The van der Waals surface area contributed by atoms with Crippen LogP contribution >= 0.6 is 46.3 Å². The fraction of sp³-hybridized carbons (Fsp3) is 0.409. The minimum atomic E-state index is -0.0106. The van der Waals surface area contributed by atoms with Gasteiger partial charge in [0.25, 0.3) is 0 Å². The van der Waals surface area contributed by atoms with Gasteiger partial charge in [0, 0.05) is 24.6 Å². The van der Waals surface area contributed by atoms with Gasteiger partial charge in [-0.3, -0.25) is 9.69 Å². The van der Waals surface area contributed by atoms with Crippen LogP contribution < -0.4 is 5.32 Å². The van der Waals surface area contributed by atoms with Crippen LogP contribution in [0, 0.1) is 5.92 Å². The maximum atomic E-state index is 12.6. The molecule has 1 saturated heterocycles. The maximum Gasteiger partial charge on any atom is 0.241 e. The molecule has 0 spiro atoms. The lowest BCUT2D eigenvalue weighted by Gasteiger charge is -2.30. The number of hydrogen-bond donors (Lipinski definition) is 1. The Labute approximate surface area is 205 Å². The molecule has 6 nitrogen and oxygen atoms in total. The van der Waals surface area contributed by atoms with Gasteiger partial charge in [-0.25, -0.2) is 0 Å². The molecule has 1 N–H and O–H groups in total. The quantitative estimate of drug-likeness (QED) is 0.390. The number of likely N-dealkylation sites (tertiary alicyclic amines) is 1. The van der Waals surface area contributed by atoms with Crippen LogP contribution in [0.2, 0.25) is 10.0 Å². The van der Waals surface area contributed by atoms with E-state index < -0.39 is 0 Å². The van der Waals surface area contributed by atoms with Crippen molar-refractivity contribution in [2.75, 3.05) is 25.4 Å². The lowest BCUT2D eigenvalue weighted by Crippen LogP contribution is -2.43. The Balaban J connectivity index is 1.17. The predicted molar refractivity (Wildman–Crippen MR) is 131 cm³/mol. The van der Waals surface area contributed by atoms with Crippen molar-refractivity contribution in [1.82, 2.24) is 20.4 Å². The molecule has 0 bridgehead atoms. The smallest absolute Gasteiger partial charge is 0.241 e. The summed E-state index contributed by atoms with van der Waals surface area (Å²) < 4.78 is 5.41. The van der Waals surface area contributed by atoms with Crippen molar-refractivity contribution in [3.63, 3.8) is 0 Å². The first-order chi connectivity index (χ1) is 15.6. The summed E-state index contributed by atoms with van der Waals surface area (Å²) >= 11 is 15.3. The SMILES string of the molecule is O=C(NCCSCc1ccc(Cl)c(Cl)c1)C1CCCN(Cc2nc(-c3cccs3)no2)C1. The van der Waals surface area contributed by atoms with Crippen molar-refractivity contribution in [3.05, 3.63) is 57.2 Å². The van der Waals surface area contributed by atoms with E-state index in [4.69, 9.17) is 27.7 Å². The van der Waals surface area contributed by atoms with Crippen molar-refractivity contribution in [2.45, 2.75) is 25.1 Å². The topological polar surface area (TPSA) is 71.3 Å². The highest BCUT2D eigenvalue weighted by atomic mass is 35.5. The predicted octanol–water partition coefficient (Wildman–Crippen LogP) is 5.37. The summed E-state index contributed by atoms with van der Waals surface area (Å²) in [5.74, 6) is 3.00. The molecule has 3 heterocycles. The average molecular weight is 512 g/mol. The molecule has 10 heteroatoms. The van der Waals surface area contributed by atoms with Gasteiger partial charge in [0.1, 0.15) is 0 Å². The zero-order valence-corrected chi connectivity index (χ0v) is 20.6. The molecule has 1 aromatic carbocycles. The highest BCUT2D eigenvalue weighted by Gasteiger charge is 2.26. The number of nitrogens with one attached hydrogen (secondary N) is 1. The third-order valence-corrected chi connectivity index (χ3v) is 7.88. The monoisotopic (exact) mass is 510 g/mol. The Hall–Kier alpha value is -1.58. The first-order valence-electron chi connectivity index (χ1n) is 10.5. The van der Waals surface area contributed by atoms with Crippen molar-refractivity contribution < 1.29 is 9.32 Å². The van der Waals surface area contributed by atoms with E-state index in [1.54, 1.807) is 23.1 Å². The molecule has 4 rings (SSSR count). The highest BCUT2D eigenvalue weighted by Crippen LogP contribution is 2.25. The first kappa shape index (κ1) is 23.6. The zero-order valence-electron chi connectivity index (χ0n) is 17.4. The van der Waals surface area contributed by atoms with E-state index in [1.165, 1.54) is 0 Å². The van der Waals surface area contributed by atoms with Gasteiger partial charge in [0.15, 0.2) is 0 Å². The first-order valence-corrected chi connectivity index (χ1v) is 13.3. The van der Waals surface area contributed by atoms with Crippen LogP contribution in [-0.2, 0) is 17.1 Å². The molecular weight excluding hydrogens is 487 g/mol. The number of thioether (sulfide) groups is 1. The van der Waals surface area contributed by atoms with Gasteiger partial charge in [-0.2, -0.15) is 16.7 Å². The van der Waals surface area contributed by atoms with Gasteiger partial charge >= 0.3 is 0 Å². The molecule has 1 atom stereocenters. The Kier molecular flexibility index (Phi) is 8.49. The van der Waals surface area contributed by atoms with Gasteiger partial charge in [0.2, 0.25) is 17.6 Å². The molecule has 1 unspecified atom stereocenters.